The fourth-order valence-electron chi connectivity index (χ4n) is 2.87. The Morgan fingerprint density at radius 3 is 2.50 bits per heavy atom. The zero-order valence-corrected chi connectivity index (χ0v) is 13.6. The number of rotatable bonds is 7. The molecular formula is C19H21FN2O2. The summed E-state index contributed by atoms with van der Waals surface area (Å²) in [6.45, 7) is 7.53. The summed E-state index contributed by atoms with van der Waals surface area (Å²) in [5, 5.41) is 24.1. The van der Waals surface area contributed by atoms with Gasteiger partial charge in [0, 0.05) is 0 Å². The standard InChI is InChI=1S/C19H21FN2O2/c1-21-11-3-10-19(24,15-4-6-16(20)7-5-15)18-9-8-17(22-2)12-14(18)13-23/h4-9,12,21,23-24H,3,10-11,13H2,1H3. The lowest BCUT2D eigenvalue weighted by molar-refractivity contribution is 0.0664. The molecule has 2 aromatic carbocycles. The molecule has 0 fully saturated rings. The van der Waals surface area contributed by atoms with Crippen LogP contribution in [0.15, 0.2) is 42.5 Å². The van der Waals surface area contributed by atoms with Crippen LogP contribution in [0.25, 0.3) is 4.85 Å². The van der Waals surface area contributed by atoms with Crippen molar-refractivity contribution < 1.29 is 14.6 Å². The lowest BCUT2D eigenvalue weighted by Gasteiger charge is -2.31. The molecule has 0 aliphatic heterocycles. The molecule has 0 spiro atoms. The molecule has 0 saturated carbocycles. The second-order valence-corrected chi connectivity index (χ2v) is 5.69. The molecule has 2 aromatic rings. The molecule has 0 heterocycles. The number of hydrogen-bond donors (Lipinski definition) is 3. The first-order valence-corrected chi connectivity index (χ1v) is 7.80. The Hall–Kier alpha value is -2.26. The monoisotopic (exact) mass is 328 g/mol. The van der Waals surface area contributed by atoms with E-state index in [1.807, 2.05) is 7.05 Å². The SMILES string of the molecule is [C-]#[N+]c1ccc(C(O)(CCCNC)c2ccc(F)cc2)c(CO)c1. The highest BCUT2D eigenvalue weighted by atomic mass is 19.1. The number of aliphatic hydroxyl groups excluding tert-OH is 1. The maximum atomic E-state index is 13.3. The van der Waals surface area contributed by atoms with Crippen molar-refractivity contribution in [3.8, 4) is 0 Å². The molecule has 0 bridgehead atoms. The van der Waals surface area contributed by atoms with Gasteiger partial charge in [-0.25, -0.2) is 9.24 Å². The first-order chi connectivity index (χ1) is 11.5. The number of halogens is 1. The van der Waals surface area contributed by atoms with Gasteiger partial charge in [-0.2, -0.15) is 0 Å². The van der Waals surface area contributed by atoms with Gasteiger partial charge in [0.05, 0.1) is 13.2 Å². The molecule has 3 N–H and O–H groups in total. The van der Waals surface area contributed by atoms with Crippen LogP contribution in [-0.4, -0.2) is 23.8 Å². The third-order valence-electron chi connectivity index (χ3n) is 4.12. The Labute approximate surface area is 141 Å². The van der Waals surface area contributed by atoms with E-state index in [0.29, 0.717) is 35.2 Å². The second kappa shape index (κ2) is 8.02. The highest BCUT2D eigenvalue weighted by Crippen LogP contribution is 2.37. The molecule has 5 heteroatoms. The normalized spacial score (nSPS) is 13.3. The van der Waals surface area contributed by atoms with Gasteiger partial charge in [-0.05, 0) is 55.3 Å². The summed E-state index contributed by atoms with van der Waals surface area (Å²) in [5.41, 5.74) is 0.646. The van der Waals surface area contributed by atoms with Gasteiger partial charge in [0.15, 0.2) is 5.69 Å². The van der Waals surface area contributed by atoms with E-state index in [9.17, 15) is 14.6 Å². The molecule has 0 aliphatic rings. The van der Waals surface area contributed by atoms with E-state index in [1.165, 1.54) is 12.1 Å². The van der Waals surface area contributed by atoms with E-state index in [0.717, 1.165) is 6.54 Å². The molecule has 1 unspecified atom stereocenters. The van der Waals surface area contributed by atoms with Crippen molar-refractivity contribution in [1.82, 2.24) is 5.32 Å². The third-order valence-corrected chi connectivity index (χ3v) is 4.12. The van der Waals surface area contributed by atoms with Crippen LogP contribution >= 0.6 is 0 Å². The van der Waals surface area contributed by atoms with Gasteiger partial charge in [0.25, 0.3) is 0 Å². The van der Waals surface area contributed by atoms with Crippen molar-refractivity contribution in [2.75, 3.05) is 13.6 Å². The minimum absolute atomic E-state index is 0.284. The Morgan fingerprint density at radius 1 is 1.21 bits per heavy atom. The van der Waals surface area contributed by atoms with Gasteiger partial charge in [-0.15, -0.1) is 0 Å². The van der Waals surface area contributed by atoms with Crippen LogP contribution in [0.3, 0.4) is 0 Å². The molecule has 0 radical (unpaired) electrons. The van der Waals surface area contributed by atoms with Crippen molar-refractivity contribution in [3.05, 3.63) is 76.4 Å². The zero-order chi connectivity index (χ0) is 17.6. The Balaban J connectivity index is 2.53. The number of hydrogen-bond acceptors (Lipinski definition) is 3. The molecule has 24 heavy (non-hydrogen) atoms. The molecule has 0 amide bonds. The molecule has 1 atom stereocenters. The van der Waals surface area contributed by atoms with Crippen molar-refractivity contribution in [3.63, 3.8) is 0 Å². The Kier molecular flexibility index (Phi) is 6.04. The predicted octanol–water partition coefficient (Wildman–Crippen LogP) is 3.10. The van der Waals surface area contributed by atoms with E-state index in [-0.39, 0.29) is 12.4 Å². The average Bonchev–Trinajstić information content (AvgIpc) is 2.61. The molecule has 4 nitrogen and oxygen atoms in total. The lowest BCUT2D eigenvalue weighted by atomic mass is 9.80. The van der Waals surface area contributed by atoms with E-state index in [2.05, 4.69) is 10.2 Å². The van der Waals surface area contributed by atoms with Gasteiger partial charge in [-0.3, -0.25) is 0 Å². The maximum absolute atomic E-state index is 13.3. The second-order valence-electron chi connectivity index (χ2n) is 5.69. The van der Waals surface area contributed by atoms with Crippen molar-refractivity contribution in [1.29, 1.82) is 0 Å². The summed E-state index contributed by atoms with van der Waals surface area (Å²) >= 11 is 0. The average molecular weight is 328 g/mol. The molecule has 0 aromatic heterocycles. The number of aliphatic hydroxyl groups is 2. The zero-order valence-electron chi connectivity index (χ0n) is 13.6. The van der Waals surface area contributed by atoms with Crippen molar-refractivity contribution in [2.24, 2.45) is 0 Å². The van der Waals surface area contributed by atoms with Crippen LogP contribution in [0.4, 0.5) is 10.1 Å². The van der Waals surface area contributed by atoms with Gasteiger partial charge >= 0.3 is 0 Å². The number of benzene rings is 2. The van der Waals surface area contributed by atoms with Crippen LogP contribution in [-0.2, 0) is 12.2 Å². The number of nitrogens with one attached hydrogen (secondary N) is 1. The van der Waals surface area contributed by atoms with Crippen molar-refractivity contribution >= 4 is 5.69 Å². The van der Waals surface area contributed by atoms with Crippen LogP contribution in [0, 0.1) is 12.4 Å². The van der Waals surface area contributed by atoms with Gasteiger partial charge < -0.3 is 15.5 Å². The summed E-state index contributed by atoms with van der Waals surface area (Å²) < 4.78 is 13.3. The van der Waals surface area contributed by atoms with Crippen LogP contribution in [0.2, 0.25) is 0 Å². The minimum atomic E-state index is -1.36. The van der Waals surface area contributed by atoms with Crippen LogP contribution in [0.5, 0.6) is 0 Å². The first-order valence-electron chi connectivity index (χ1n) is 7.80. The fraction of sp³-hybridized carbons (Fsp3) is 0.316. The maximum Gasteiger partial charge on any atom is 0.187 e. The highest BCUT2D eigenvalue weighted by molar-refractivity contribution is 5.52. The summed E-state index contributed by atoms with van der Waals surface area (Å²) in [5.74, 6) is -0.373. The topological polar surface area (TPSA) is 56.8 Å². The summed E-state index contributed by atoms with van der Waals surface area (Å²) in [4.78, 5) is 3.36. The van der Waals surface area contributed by atoms with Gasteiger partial charge in [-0.1, -0.05) is 30.3 Å². The summed E-state index contributed by atoms with van der Waals surface area (Å²) in [7, 11) is 1.83. The van der Waals surface area contributed by atoms with Crippen molar-refractivity contribution in [2.45, 2.75) is 25.0 Å². The van der Waals surface area contributed by atoms with E-state index in [4.69, 9.17) is 6.57 Å². The largest absolute Gasteiger partial charge is 0.392 e. The third kappa shape index (κ3) is 3.80. The quantitative estimate of drug-likeness (QED) is 0.541. The molecule has 126 valence electrons. The Morgan fingerprint density at radius 2 is 1.92 bits per heavy atom. The predicted molar refractivity (Wildman–Crippen MR) is 91.2 cm³/mol. The van der Waals surface area contributed by atoms with E-state index >= 15 is 0 Å². The van der Waals surface area contributed by atoms with Crippen LogP contribution in [0.1, 0.15) is 29.5 Å². The summed E-state index contributed by atoms with van der Waals surface area (Å²) in [6.07, 6.45) is 1.10. The first kappa shape index (κ1) is 18.1. The molecule has 0 saturated heterocycles. The van der Waals surface area contributed by atoms with Gasteiger partial charge in [0.2, 0.25) is 0 Å². The molecular weight excluding hydrogens is 307 g/mol. The van der Waals surface area contributed by atoms with E-state index < -0.39 is 5.60 Å². The lowest BCUT2D eigenvalue weighted by Crippen LogP contribution is -2.30. The summed E-state index contributed by atoms with van der Waals surface area (Å²) in [6, 6.07) is 10.6. The van der Waals surface area contributed by atoms with Crippen LogP contribution < -0.4 is 5.32 Å². The smallest absolute Gasteiger partial charge is 0.187 e. The van der Waals surface area contributed by atoms with Gasteiger partial charge in [0.1, 0.15) is 11.4 Å². The number of nitrogens with zero attached hydrogens (tertiary/aromatic N) is 1. The molecule has 0 aliphatic carbocycles. The Bertz CT molecular complexity index is 725. The minimum Gasteiger partial charge on any atom is -0.392 e. The molecule has 2 rings (SSSR count). The highest BCUT2D eigenvalue weighted by Gasteiger charge is 2.33. The van der Waals surface area contributed by atoms with E-state index in [1.54, 1.807) is 30.3 Å². The fourth-order valence-corrected chi connectivity index (χ4v) is 2.87.